The molecule has 0 aliphatic carbocycles. The third-order valence-electron chi connectivity index (χ3n) is 5.58. The second-order valence-electron chi connectivity index (χ2n) is 7.32. The Kier molecular flexibility index (Phi) is 3.70. The zero-order valence-corrected chi connectivity index (χ0v) is 15.4. The third-order valence-corrected chi connectivity index (χ3v) is 7.33. The first-order chi connectivity index (χ1) is 13.2. The van der Waals surface area contributed by atoms with Gasteiger partial charge in [0, 0.05) is 35.5 Å². The number of rotatable bonds is 2. The molecule has 2 aliphatic heterocycles. The number of sulfone groups is 1. The van der Waals surface area contributed by atoms with Crippen molar-refractivity contribution in [2.75, 3.05) is 0 Å². The molecule has 0 amide bonds. The molecule has 4 nitrogen and oxygen atoms in total. The lowest BCUT2D eigenvalue weighted by Crippen LogP contribution is -2.30. The van der Waals surface area contributed by atoms with Gasteiger partial charge in [0.05, 0.1) is 15.4 Å². The molecule has 2 aromatic carbocycles. The summed E-state index contributed by atoms with van der Waals surface area (Å²) in [6.07, 6.45) is -1.76. The molecular formula is C20H16F3NO3S. The maximum Gasteiger partial charge on any atom is 0.416 e. The zero-order valence-electron chi connectivity index (χ0n) is 14.6. The van der Waals surface area contributed by atoms with Crippen LogP contribution in [0.4, 0.5) is 13.2 Å². The smallest absolute Gasteiger partial charge is 0.416 e. The van der Waals surface area contributed by atoms with Gasteiger partial charge < -0.3 is 9.73 Å². The average molecular weight is 407 g/mol. The topological polar surface area (TPSA) is 59.3 Å². The number of hydrogen-bond donors (Lipinski definition) is 1. The fourth-order valence-corrected chi connectivity index (χ4v) is 5.58. The Hall–Kier alpha value is -2.32. The van der Waals surface area contributed by atoms with Crippen LogP contribution in [0, 0.1) is 0 Å². The van der Waals surface area contributed by atoms with Gasteiger partial charge in [0.15, 0.2) is 0 Å². The highest BCUT2D eigenvalue weighted by atomic mass is 32.2. The molecule has 5 rings (SSSR count). The summed E-state index contributed by atoms with van der Waals surface area (Å²) in [4.78, 5) is -0.470. The highest BCUT2D eigenvalue weighted by Crippen LogP contribution is 2.42. The van der Waals surface area contributed by atoms with E-state index in [1.807, 2.05) is 0 Å². The van der Waals surface area contributed by atoms with Crippen molar-refractivity contribution in [2.24, 2.45) is 0 Å². The predicted molar refractivity (Wildman–Crippen MR) is 95.7 cm³/mol. The van der Waals surface area contributed by atoms with Gasteiger partial charge in [-0.25, -0.2) is 8.42 Å². The Balaban J connectivity index is 1.60. The first-order valence-electron chi connectivity index (χ1n) is 8.97. The Morgan fingerprint density at radius 1 is 1.04 bits per heavy atom. The summed E-state index contributed by atoms with van der Waals surface area (Å²) in [5.74, 6) is 0.870. The lowest BCUT2D eigenvalue weighted by molar-refractivity contribution is -0.137. The fraction of sp³-hybridized carbons (Fsp3) is 0.300. The van der Waals surface area contributed by atoms with E-state index >= 15 is 0 Å². The maximum absolute atomic E-state index is 13.0. The fourth-order valence-electron chi connectivity index (χ4n) is 4.26. The molecule has 2 aliphatic rings. The molecule has 0 spiro atoms. The van der Waals surface area contributed by atoms with E-state index in [-0.39, 0.29) is 10.9 Å². The lowest BCUT2D eigenvalue weighted by atomic mass is 9.99. The van der Waals surface area contributed by atoms with E-state index < -0.39 is 26.5 Å². The molecular weight excluding hydrogens is 391 g/mol. The summed E-state index contributed by atoms with van der Waals surface area (Å²) in [6, 6.07) is 8.92. The van der Waals surface area contributed by atoms with Crippen molar-refractivity contribution in [3.63, 3.8) is 0 Å². The van der Waals surface area contributed by atoms with Crippen molar-refractivity contribution in [3.05, 3.63) is 59.4 Å². The van der Waals surface area contributed by atoms with E-state index in [4.69, 9.17) is 4.42 Å². The van der Waals surface area contributed by atoms with Gasteiger partial charge in [-0.2, -0.15) is 13.2 Å². The first kappa shape index (κ1) is 17.8. The van der Waals surface area contributed by atoms with E-state index in [9.17, 15) is 21.6 Å². The molecule has 3 aromatic rings. The Labute approximate surface area is 159 Å². The summed E-state index contributed by atoms with van der Waals surface area (Å²) in [5, 5.41) is 4.39. The largest absolute Gasteiger partial charge is 0.461 e. The second-order valence-corrected chi connectivity index (χ2v) is 9.27. The molecule has 2 unspecified atom stereocenters. The van der Waals surface area contributed by atoms with E-state index in [0.29, 0.717) is 17.7 Å². The maximum atomic E-state index is 13.0. The Morgan fingerprint density at radius 2 is 1.82 bits per heavy atom. The summed E-state index contributed by atoms with van der Waals surface area (Å²) >= 11 is 0. The normalized spacial score (nSPS) is 21.8. The minimum Gasteiger partial charge on any atom is -0.461 e. The van der Waals surface area contributed by atoms with Crippen molar-refractivity contribution in [1.29, 1.82) is 0 Å². The van der Waals surface area contributed by atoms with E-state index in [0.717, 1.165) is 48.1 Å². The van der Waals surface area contributed by atoms with Gasteiger partial charge in [-0.15, -0.1) is 0 Å². The molecule has 1 saturated heterocycles. The van der Waals surface area contributed by atoms with Gasteiger partial charge >= 0.3 is 6.18 Å². The minimum absolute atomic E-state index is 0.0801. The van der Waals surface area contributed by atoms with Crippen molar-refractivity contribution in [3.8, 4) is 0 Å². The predicted octanol–water partition coefficient (Wildman–Crippen LogP) is 4.63. The molecule has 1 N–H and O–H groups in total. The SMILES string of the molecule is O=S(=O)(c1cccc(C(F)(F)F)c1)c1ccc2c3c(oc2c1)CC1CCC3N1. The summed E-state index contributed by atoms with van der Waals surface area (Å²) in [5.41, 5.74) is 0.532. The van der Waals surface area contributed by atoms with Crippen LogP contribution in [0.15, 0.2) is 56.7 Å². The minimum atomic E-state index is -4.61. The molecule has 2 bridgehead atoms. The van der Waals surface area contributed by atoms with Crippen LogP contribution in [0.5, 0.6) is 0 Å². The Bertz CT molecular complexity index is 1200. The number of alkyl halides is 3. The molecule has 0 radical (unpaired) electrons. The molecule has 146 valence electrons. The van der Waals surface area contributed by atoms with E-state index in [1.54, 1.807) is 6.07 Å². The van der Waals surface area contributed by atoms with Crippen LogP contribution < -0.4 is 5.32 Å². The summed E-state index contributed by atoms with van der Waals surface area (Å²) in [6.45, 7) is 0. The first-order valence-corrected chi connectivity index (χ1v) is 10.5. The molecule has 3 heterocycles. The van der Waals surface area contributed by atoms with Gasteiger partial charge in [0.1, 0.15) is 11.3 Å². The van der Waals surface area contributed by atoms with E-state index in [1.165, 1.54) is 18.2 Å². The van der Waals surface area contributed by atoms with Crippen molar-refractivity contribution in [2.45, 2.75) is 47.3 Å². The molecule has 1 aromatic heterocycles. The highest BCUT2D eigenvalue weighted by Gasteiger charge is 2.36. The average Bonchev–Trinajstić information content (AvgIpc) is 3.21. The number of hydrogen-bond acceptors (Lipinski definition) is 4. The van der Waals surface area contributed by atoms with Gasteiger partial charge in [-0.3, -0.25) is 0 Å². The molecule has 2 atom stereocenters. The number of fused-ring (bicyclic) bond motifs is 6. The van der Waals surface area contributed by atoms with Gasteiger partial charge in [-0.1, -0.05) is 6.07 Å². The molecule has 1 fully saturated rings. The number of benzene rings is 2. The Morgan fingerprint density at radius 3 is 2.61 bits per heavy atom. The van der Waals surface area contributed by atoms with Gasteiger partial charge in [0.25, 0.3) is 0 Å². The second kappa shape index (κ2) is 5.84. The number of nitrogens with one attached hydrogen (secondary N) is 1. The molecule has 0 saturated carbocycles. The zero-order chi connectivity index (χ0) is 19.7. The lowest BCUT2D eigenvalue weighted by Gasteiger charge is -2.20. The monoisotopic (exact) mass is 407 g/mol. The molecule has 8 heteroatoms. The van der Waals surface area contributed by atoms with Gasteiger partial charge in [-0.05, 0) is 43.2 Å². The van der Waals surface area contributed by atoms with Crippen LogP contribution in [0.1, 0.15) is 35.8 Å². The standard InChI is InChI=1S/C20H16F3NO3S/c21-20(22,23)11-2-1-3-13(8-11)28(25,26)14-5-6-15-17(10-14)27-18-9-12-4-7-16(24-12)19(15)18/h1-3,5-6,8,10,12,16,24H,4,7,9H2. The van der Waals surface area contributed by atoms with Crippen LogP contribution in [-0.4, -0.2) is 14.5 Å². The van der Waals surface area contributed by atoms with Crippen molar-refractivity contribution >= 4 is 20.8 Å². The van der Waals surface area contributed by atoms with Gasteiger partial charge in [0.2, 0.25) is 9.84 Å². The highest BCUT2D eigenvalue weighted by molar-refractivity contribution is 7.91. The van der Waals surface area contributed by atoms with Crippen molar-refractivity contribution < 1.29 is 26.0 Å². The third kappa shape index (κ3) is 2.66. The quantitative estimate of drug-likeness (QED) is 0.673. The van der Waals surface area contributed by atoms with Crippen LogP contribution in [0.2, 0.25) is 0 Å². The van der Waals surface area contributed by atoms with E-state index in [2.05, 4.69) is 5.32 Å². The van der Waals surface area contributed by atoms with Crippen LogP contribution in [-0.2, 0) is 22.4 Å². The number of furan rings is 1. The van der Waals surface area contributed by atoms with Crippen LogP contribution in [0.3, 0.4) is 0 Å². The summed E-state index contributed by atoms with van der Waals surface area (Å²) < 4.78 is 70.6. The summed E-state index contributed by atoms with van der Waals surface area (Å²) in [7, 11) is -4.10. The number of halogens is 3. The van der Waals surface area contributed by atoms with Crippen LogP contribution in [0.25, 0.3) is 11.0 Å². The van der Waals surface area contributed by atoms with Crippen molar-refractivity contribution in [1.82, 2.24) is 5.32 Å². The molecule has 28 heavy (non-hydrogen) atoms. The van der Waals surface area contributed by atoms with Crippen LogP contribution >= 0.6 is 0 Å².